The van der Waals surface area contributed by atoms with E-state index in [4.69, 9.17) is 4.74 Å². The number of carbonyl (C=O) groups is 1. The fourth-order valence-corrected chi connectivity index (χ4v) is 2.71. The lowest BCUT2D eigenvalue weighted by atomic mass is 10.2. The van der Waals surface area contributed by atoms with Crippen molar-refractivity contribution in [2.24, 2.45) is 5.92 Å². The third-order valence-corrected chi connectivity index (χ3v) is 4.01. The maximum atomic E-state index is 12.1. The predicted molar refractivity (Wildman–Crippen MR) is 73.7 cm³/mol. The van der Waals surface area contributed by atoms with Crippen LogP contribution in [0.4, 0.5) is 5.69 Å². The first-order valence-corrected chi connectivity index (χ1v) is 7.20. The number of fused-ring (bicyclic) bond motifs is 1. The van der Waals surface area contributed by atoms with Gasteiger partial charge in [-0.2, -0.15) is 0 Å². The number of rotatable bonds is 4. The van der Waals surface area contributed by atoms with E-state index in [2.05, 4.69) is 22.0 Å². The van der Waals surface area contributed by atoms with E-state index in [0.29, 0.717) is 5.92 Å². The Hall–Kier alpha value is -0.870. The van der Waals surface area contributed by atoms with Crippen molar-refractivity contribution in [3.05, 3.63) is 28.2 Å². The Bertz CT molecular complexity index is 471. The molecule has 0 saturated heterocycles. The highest BCUT2D eigenvalue weighted by molar-refractivity contribution is 9.10. The van der Waals surface area contributed by atoms with Crippen LogP contribution in [0.3, 0.4) is 0 Å². The van der Waals surface area contributed by atoms with Gasteiger partial charge < -0.3 is 9.64 Å². The van der Waals surface area contributed by atoms with Crippen LogP contribution in [0.15, 0.2) is 22.7 Å². The van der Waals surface area contributed by atoms with Gasteiger partial charge in [0.2, 0.25) is 0 Å². The van der Waals surface area contributed by atoms with Crippen molar-refractivity contribution in [1.82, 2.24) is 0 Å². The van der Waals surface area contributed by atoms with Gasteiger partial charge in [0.25, 0.3) is 5.91 Å². The molecule has 1 saturated carbocycles. The molecule has 0 radical (unpaired) electrons. The zero-order valence-electron chi connectivity index (χ0n) is 10.2. The van der Waals surface area contributed by atoms with Gasteiger partial charge in [0.15, 0.2) is 0 Å². The quantitative estimate of drug-likeness (QED) is 0.856. The Morgan fingerprint density at radius 2 is 2.28 bits per heavy atom. The molecule has 1 fully saturated rings. The van der Waals surface area contributed by atoms with Gasteiger partial charge in [0.05, 0.1) is 6.61 Å². The minimum absolute atomic E-state index is 0.0803. The normalized spacial score (nSPS) is 17.9. The number of ether oxygens (including phenoxy) is 1. The average molecular weight is 310 g/mol. The summed E-state index contributed by atoms with van der Waals surface area (Å²) in [4.78, 5) is 13.9. The largest absolute Gasteiger partial charge is 0.371 e. The van der Waals surface area contributed by atoms with E-state index in [-0.39, 0.29) is 12.5 Å². The minimum atomic E-state index is 0.0803. The van der Waals surface area contributed by atoms with Crippen molar-refractivity contribution >= 4 is 27.5 Å². The number of hydrogen-bond acceptors (Lipinski definition) is 2. The Labute approximate surface area is 115 Å². The highest BCUT2D eigenvalue weighted by Crippen LogP contribution is 2.31. The second kappa shape index (κ2) is 5.02. The number of halogens is 1. The number of amides is 1. The van der Waals surface area contributed by atoms with Crippen molar-refractivity contribution in [2.75, 3.05) is 24.7 Å². The molecule has 96 valence electrons. The Balaban J connectivity index is 1.61. The van der Waals surface area contributed by atoms with Crippen LogP contribution in [0.5, 0.6) is 0 Å². The van der Waals surface area contributed by atoms with Gasteiger partial charge >= 0.3 is 0 Å². The zero-order valence-corrected chi connectivity index (χ0v) is 11.8. The molecular weight excluding hydrogens is 294 g/mol. The summed E-state index contributed by atoms with van der Waals surface area (Å²) in [6.45, 7) is 1.73. The molecule has 0 unspecified atom stereocenters. The molecular formula is C14H16BrNO2. The van der Waals surface area contributed by atoms with Crippen LogP contribution >= 0.6 is 15.9 Å². The van der Waals surface area contributed by atoms with Crippen molar-refractivity contribution in [2.45, 2.75) is 19.3 Å². The van der Waals surface area contributed by atoms with Crippen LogP contribution in [0.1, 0.15) is 18.4 Å². The van der Waals surface area contributed by atoms with Gasteiger partial charge in [0.1, 0.15) is 6.61 Å². The molecule has 0 aromatic heterocycles. The maximum absolute atomic E-state index is 12.1. The van der Waals surface area contributed by atoms with Crippen molar-refractivity contribution in [3.8, 4) is 0 Å². The van der Waals surface area contributed by atoms with Gasteiger partial charge in [0, 0.05) is 16.7 Å². The number of benzene rings is 1. The number of hydrogen-bond donors (Lipinski definition) is 0. The summed E-state index contributed by atoms with van der Waals surface area (Å²) < 4.78 is 6.54. The summed E-state index contributed by atoms with van der Waals surface area (Å²) in [6.07, 6.45) is 3.45. The van der Waals surface area contributed by atoms with Crippen LogP contribution in [0.25, 0.3) is 0 Å². The van der Waals surface area contributed by atoms with Crippen molar-refractivity contribution in [1.29, 1.82) is 0 Å². The van der Waals surface area contributed by atoms with Gasteiger partial charge in [-0.1, -0.05) is 15.9 Å². The molecule has 1 aromatic rings. The van der Waals surface area contributed by atoms with Gasteiger partial charge in [-0.3, -0.25) is 4.79 Å². The van der Waals surface area contributed by atoms with Crippen LogP contribution < -0.4 is 4.90 Å². The maximum Gasteiger partial charge on any atom is 0.252 e. The lowest BCUT2D eigenvalue weighted by molar-refractivity contribution is -0.123. The van der Waals surface area contributed by atoms with E-state index in [1.54, 1.807) is 0 Å². The smallest absolute Gasteiger partial charge is 0.252 e. The zero-order chi connectivity index (χ0) is 12.5. The molecule has 3 rings (SSSR count). The standard InChI is InChI=1S/C14H16BrNO2/c15-12-3-4-13-11(7-12)5-6-16(13)14(17)9-18-8-10-1-2-10/h3-4,7,10H,1-2,5-6,8-9H2. The van der Waals surface area contributed by atoms with E-state index in [9.17, 15) is 4.79 Å². The van der Waals surface area contributed by atoms with Crippen molar-refractivity contribution < 1.29 is 9.53 Å². The average Bonchev–Trinajstić information content (AvgIpc) is 3.07. The summed E-state index contributed by atoms with van der Waals surface area (Å²) in [5.41, 5.74) is 2.28. The highest BCUT2D eigenvalue weighted by Gasteiger charge is 2.26. The minimum Gasteiger partial charge on any atom is -0.371 e. The molecule has 0 N–H and O–H groups in total. The molecule has 1 aromatic carbocycles. The first kappa shape index (κ1) is 12.2. The summed E-state index contributed by atoms with van der Waals surface area (Å²) in [5, 5.41) is 0. The van der Waals surface area contributed by atoms with E-state index in [1.165, 1.54) is 18.4 Å². The Morgan fingerprint density at radius 3 is 3.06 bits per heavy atom. The van der Waals surface area contributed by atoms with E-state index in [1.807, 2.05) is 17.0 Å². The molecule has 0 atom stereocenters. The monoisotopic (exact) mass is 309 g/mol. The van der Waals surface area contributed by atoms with Gasteiger partial charge in [-0.15, -0.1) is 0 Å². The first-order valence-electron chi connectivity index (χ1n) is 6.40. The number of carbonyl (C=O) groups excluding carboxylic acids is 1. The van der Waals surface area contributed by atoms with Gasteiger partial charge in [-0.05, 0) is 48.9 Å². The topological polar surface area (TPSA) is 29.5 Å². The molecule has 1 amide bonds. The Kier molecular flexibility index (Phi) is 3.39. The molecule has 0 bridgehead atoms. The summed E-state index contributed by atoms with van der Waals surface area (Å²) >= 11 is 3.46. The lowest BCUT2D eigenvalue weighted by Gasteiger charge is -2.17. The van der Waals surface area contributed by atoms with E-state index in [0.717, 1.165) is 29.7 Å². The molecule has 1 aliphatic carbocycles. The fraction of sp³-hybridized carbons (Fsp3) is 0.500. The van der Waals surface area contributed by atoms with E-state index < -0.39 is 0 Å². The van der Waals surface area contributed by atoms with Crippen molar-refractivity contribution in [3.63, 3.8) is 0 Å². The summed E-state index contributed by atoms with van der Waals surface area (Å²) in [5.74, 6) is 0.788. The highest BCUT2D eigenvalue weighted by atomic mass is 79.9. The van der Waals surface area contributed by atoms with Crippen LogP contribution in [0.2, 0.25) is 0 Å². The third-order valence-electron chi connectivity index (χ3n) is 3.51. The Morgan fingerprint density at radius 1 is 1.44 bits per heavy atom. The molecule has 18 heavy (non-hydrogen) atoms. The summed E-state index contributed by atoms with van der Waals surface area (Å²) in [7, 11) is 0. The van der Waals surface area contributed by atoms with E-state index >= 15 is 0 Å². The molecule has 0 spiro atoms. The molecule has 4 heteroatoms. The molecule has 2 aliphatic rings. The van der Waals surface area contributed by atoms with Crippen LogP contribution in [-0.2, 0) is 16.0 Å². The first-order chi connectivity index (χ1) is 8.74. The molecule has 1 aliphatic heterocycles. The van der Waals surface area contributed by atoms with Crippen LogP contribution in [-0.4, -0.2) is 25.7 Å². The van der Waals surface area contributed by atoms with Crippen LogP contribution in [0, 0.1) is 5.92 Å². The fourth-order valence-electron chi connectivity index (χ4n) is 2.30. The molecule has 3 nitrogen and oxygen atoms in total. The van der Waals surface area contributed by atoms with Gasteiger partial charge in [-0.25, -0.2) is 0 Å². The predicted octanol–water partition coefficient (Wildman–Crippen LogP) is 2.76. The third kappa shape index (κ3) is 2.59. The SMILES string of the molecule is O=C(COCC1CC1)N1CCc2cc(Br)ccc21. The number of anilines is 1. The number of nitrogens with zero attached hydrogens (tertiary/aromatic N) is 1. The lowest BCUT2D eigenvalue weighted by Crippen LogP contribution is -2.32. The second-order valence-corrected chi connectivity index (χ2v) is 5.94. The molecule has 1 heterocycles. The summed E-state index contributed by atoms with van der Waals surface area (Å²) in [6, 6.07) is 6.08. The second-order valence-electron chi connectivity index (χ2n) is 5.03.